The molecule has 30 heavy (non-hydrogen) atoms. The number of benzene rings is 1. The molecule has 1 N–H and O–H groups in total. The normalized spacial score (nSPS) is 18.8. The topological polar surface area (TPSA) is 55.8 Å². The maximum Gasteiger partial charge on any atom is 0.125 e. The van der Waals surface area contributed by atoms with Crippen LogP contribution in [0.5, 0.6) is 5.75 Å². The molecule has 0 radical (unpaired) electrons. The first-order chi connectivity index (χ1) is 14.7. The van der Waals surface area contributed by atoms with Gasteiger partial charge in [0.15, 0.2) is 0 Å². The molecule has 2 aromatic rings. The fourth-order valence-electron chi connectivity index (χ4n) is 4.73. The van der Waals surface area contributed by atoms with Gasteiger partial charge in [0.25, 0.3) is 0 Å². The highest BCUT2D eigenvalue weighted by atomic mass is 16.5. The molecule has 1 aromatic carbocycles. The van der Waals surface area contributed by atoms with Crippen molar-refractivity contribution >= 4 is 16.6 Å². The van der Waals surface area contributed by atoms with E-state index in [1.54, 1.807) is 14.2 Å². The van der Waals surface area contributed by atoms with Gasteiger partial charge in [-0.3, -0.25) is 4.98 Å². The number of ether oxygens (including phenoxy) is 3. The number of methoxy groups -OCH3 is 2. The second kappa shape index (κ2) is 9.94. The Hall–Kier alpha value is -1.89. The Bertz CT molecular complexity index is 865. The summed E-state index contributed by atoms with van der Waals surface area (Å²) in [4.78, 5) is 7.51. The van der Waals surface area contributed by atoms with Crippen molar-refractivity contribution in [2.24, 2.45) is 5.92 Å². The standard InChI is InChI=1S/C24H35N3O3/c1-17-12-19-21(13-17)26-22-14-18(16-30-11-9-27-7-4-5-8-27)23(29-3)15-20(22)24(19)25-6-10-28-2/h14-15,17H,4-13,16H2,1-3H3,(H,25,26). The fraction of sp³-hybridized carbons (Fsp3) is 0.625. The van der Waals surface area contributed by atoms with Crippen molar-refractivity contribution in [3.63, 3.8) is 0 Å². The summed E-state index contributed by atoms with van der Waals surface area (Å²) < 4.78 is 17.0. The summed E-state index contributed by atoms with van der Waals surface area (Å²) >= 11 is 0. The Kier molecular flexibility index (Phi) is 7.08. The summed E-state index contributed by atoms with van der Waals surface area (Å²) in [6, 6.07) is 4.27. The minimum absolute atomic E-state index is 0.550. The molecule has 1 aliphatic heterocycles. The first-order valence-electron chi connectivity index (χ1n) is 11.2. The smallest absolute Gasteiger partial charge is 0.125 e. The summed E-state index contributed by atoms with van der Waals surface area (Å²) in [7, 11) is 3.47. The molecule has 0 spiro atoms. The monoisotopic (exact) mass is 413 g/mol. The number of nitrogens with zero attached hydrogens (tertiary/aromatic N) is 2. The van der Waals surface area contributed by atoms with Gasteiger partial charge in [-0.1, -0.05) is 6.92 Å². The van der Waals surface area contributed by atoms with Crippen molar-refractivity contribution in [1.82, 2.24) is 9.88 Å². The van der Waals surface area contributed by atoms with E-state index in [9.17, 15) is 0 Å². The number of anilines is 1. The Morgan fingerprint density at radius 1 is 1.13 bits per heavy atom. The third kappa shape index (κ3) is 4.71. The van der Waals surface area contributed by atoms with E-state index in [1.807, 2.05) is 0 Å². The lowest BCUT2D eigenvalue weighted by molar-refractivity contribution is 0.0979. The summed E-state index contributed by atoms with van der Waals surface area (Å²) in [5, 5.41) is 4.73. The molecule has 4 rings (SSSR count). The van der Waals surface area contributed by atoms with Gasteiger partial charge in [-0.2, -0.15) is 0 Å². The Balaban J connectivity index is 1.57. The number of pyridine rings is 1. The number of likely N-dealkylation sites (tertiary alicyclic amines) is 1. The van der Waals surface area contributed by atoms with E-state index in [0.717, 1.165) is 54.8 Å². The molecule has 1 atom stereocenters. The predicted octanol–water partition coefficient (Wildman–Crippen LogP) is 3.65. The van der Waals surface area contributed by atoms with E-state index in [2.05, 4.69) is 29.3 Å². The van der Waals surface area contributed by atoms with Crippen LogP contribution >= 0.6 is 0 Å². The van der Waals surface area contributed by atoms with Gasteiger partial charge in [0, 0.05) is 42.5 Å². The molecule has 1 fully saturated rings. The number of rotatable bonds is 10. The minimum atomic E-state index is 0.550. The fourth-order valence-corrected chi connectivity index (χ4v) is 4.73. The van der Waals surface area contributed by atoms with Crippen LogP contribution in [0, 0.1) is 5.92 Å². The summed E-state index contributed by atoms with van der Waals surface area (Å²) in [6.45, 7) is 8.46. The van der Waals surface area contributed by atoms with Gasteiger partial charge in [0.1, 0.15) is 5.75 Å². The lowest BCUT2D eigenvalue weighted by Gasteiger charge is -2.18. The van der Waals surface area contributed by atoms with E-state index < -0.39 is 0 Å². The van der Waals surface area contributed by atoms with Crippen LogP contribution in [0.2, 0.25) is 0 Å². The zero-order valence-electron chi connectivity index (χ0n) is 18.6. The van der Waals surface area contributed by atoms with Crippen LogP contribution in [-0.4, -0.2) is 63.5 Å². The Labute approximate surface area is 179 Å². The molecule has 6 heteroatoms. The highest BCUT2D eigenvalue weighted by Crippen LogP contribution is 2.38. The van der Waals surface area contributed by atoms with E-state index in [-0.39, 0.29) is 0 Å². The van der Waals surface area contributed by atoms with Crippen molar-refractivity contribution < 1.29 is 14.2 Å². The molecular formula is C24H35N3O3. The van der Waals surface area contributed by atoms with Crippen LogP contribution in [0.4, 0.5) is 5.69 Å². The molecular weight excluding hydrogens is 378 g/mol. The lowest BCUT2D eigenvalue weighted by Crippen LogP contribution is -2.23. The molecule has 164 valence electrons. The highest BCUT2D eigenvalue weighted by Gasteiger charge is 2.25. The van der Waals surface area contributed by atoms with Gasteiger partial charge < -0.3 is 24.4 Å². The summed E-state index contributed by atoms with van der Waals surface area (Å²) in [6.07, 6.45) is 4.73. The number of fused-ring (bicyclic) bond motifs is 2. The summed E-state index contributed by atoms with van der Waals surface area (Å²) in [5.41, 5.74) is 5.84. The van der Waals surface area contributed by atoms with Crippen molar-refractivity contribution in [3.8, 4) is 5.75 Å². The molecule has 0 bridgehead atoms. The average Bonchev–Trinajstić information content (AvgIpc) is 3.39. The second-order valence-corrected chi connectivity index (χ2v) is 8.63. The zero-order valence-corrected chi connectivity index (χ0v) is 18.6. The van der Waals surface area contributed by atoms with Crippen LogP contribution in [0.1, 0.15) is 36.6 Å². The highest BCUT2D eigenvalue weighted by molar-refractivity contribution is 5.95. The van der Waals surface area contributed by atoms with Crippen LogP contribution in [0.25, 0.3) is 10.9 Å². The number of nitrogens with one attached hydrogen (secondary N) is 1. The van der Waals surface area contributed by atoms with Crippen LogP contribution < -0.4 is 10.1 Å². The molecule has 1 aliphatic carbocycles. The zero-order chi connectivity index (χ0) is 20.9. The van der Waals surface area contributed by atoms with Gasteiger partial charge in [-0.15, -0.1) is 0 Å². The Morgan fingerprint density at radius 2 is 1.97 bits per heavy atom. The number of hydrogen-bond acceptors (Lipinski definition) is 6. The van der Waals surface area contributed by atoms with E-state index in [4.69, 9.17) is 19.2 Å². The second-order valence-electron chi connectivity index (χ2n) is 8.63. The van der Waals surface area contributed by atoms with Crippen LogP contribution in [0.3, 0.4) is 0 Å². The van der Waals surface area contributed by atoms with Gasteiger partial charge in [0.2, 0.25) is 0 Å². The van der Waals surface area contributed by atoms with E-state index >= 15 is 0 Å². The van der Waals surface area contributed by atoms with E-state index in [0.29, 0.717) is 19.1 Å². The average molecular weight is 414 g/mol. The first-order valence-corrected chi connectivity index (χ1v) is 11.2. The molecule has 0 saturated carbocycles. The maximum absolute atomic E-state index is 6.01. The molecule has 6 nitrogen and oxygen atoms in total. The van der Waals surface area contributed by atoms with E-state index in [1.165, 1.54) is 42.9 Å². The van der Waals surface area contributed by atoms with Gasteiger partial charge >= 0.3 is 0 Å². The van der Waals surface area contributed by atoms with Crippen molar-refractivity contribution in [2.45, 2.75) is 39.2 Å². The third-order valence-corrected chi connectivity index (χ3v) is 6.28. The van der Waals surface area contributed by atoms with Gasteiger partial charge in [0.05, 0.1) is 32.4 Å². The number of aromatic nitrogens is 1. The van der Waals surface area contributed by atoms with Crippen molar-refractivity contribution in [3.05, 3.63) is 29.0 Å². The van der Waals surface area contributed by atoms with Gasteiger partial charge in [-0.05, 0) is 62.4 Å². The minimum Gasteiger partial charge on any atom is -0.496 e. The van der Waals surface area contributed by atoms with Gasteiger partial charge in [-0.25, -0.2) is 0 Å². The van der Waals surface area contributed by atoms with Crippen LogP contribution in [-0.2, 0) is 28.9 Å². The van der Waals surface area contributed by atoms with Crippen LogP contribution in [0.15, 0.2) is 12.1 Å². The SMILES string of the molecule is COCCNc1c2c(nc3cc(COCCN4CCCC4)c(OC)cc13)CC(C)C2. The number of hydrogen-bond donors (Lipinski definition) is 1. The molecule has 2 heterocycles. The Morgan fingerprint density at radius 3 is 2.73 bits per heavy atom. The summed E-state index contributed by atoms with van der Waals surface area (Å²) in [5.74, 6) is 1.49. The molecule has 1 unspecified atom stereocenters. The first kappa shape index (κ1) is 21.3. The molecule has 1 saturated heterocycles. The molecule has 0 amide bonds. The molecule has 2 aliphatic rings. The molecule has 1 aromatic heterocycles. The maximum atomic E-state index is 6.01. The van der Waals surface area contributed by atoms with Crippen molar-refractivity contribution in [1.29, 1.82) is 0 Å². The lowest BCUT2D eigenvalue weighted by atomic mass is 10.0. The van der Waals surface area contributed by atoms with Crippen molar-refractivity contribution in [2.75, 3.05) is 58.9 Å². The quantitative estimate of drug-likeness (QED) is 0.600. The third-order valence-electron chi connectivity index (χ3n) is 6.28. The predicted molar refractivity (Wildman–Crippen MR) is 121 cm³/mol. The largest absolute Gasteiger partial charge is 0.496 e.